The number of amides is 1. The van der Waals surface area contributed by atoms with Gasteiger partial charge in [0, 0.05) is 32.6 Å². The molecule has 0 bridgehead atoms. The topological polar surface area (TPSA) is 75.6 Å². The van der Waals surface area contributed by atoms with Gasteiger partial charge in [0.25, 0.3) is 0 Å². The van der Waals surface area contributed by atoms with Gasteiger partial charge in [0.15, 0.2) is 5.82 Å². The fourth-order valence-electron chi connectivity index (χ4n) is 2.83. The van der Waals surface area contributed by atoms with Crippen molar-refractivity contribution in [2.24, 2.45) is 0 Å². The molecule has 26 heavy (non-hydrogen) atoms. The minimum atomic E-state index is -0.319. The molecule has 7 nitrogen and oxygen atoms in total. The van der Waals surface area contributed by atoms with Gasteiger partial charge < -0.3 is 14.5 Å². The van der Waals surface area contributed by atoms with Gasteiger partial charge in [-0.2, -0.15) is 0 Å². The minimum Gasteiger partial charge on any atom is -0.466 e. The molecule has 1 amide bonds. The quantitative estimate of drug-likeness (QED) is 0.722. The van der Waals surface area contributed by atoms with Crippen LogP contribution in [0, 0.1) is 0 Å². The Morgan fingerprint density at radius 3 is 2.54 bits per heavy atom. The molecule has 1 aliphatic heterocycles. The van der Waals surface area contributed by atoms with Crippen molar-refractivity contribution in [3.05, 3.63) is 29.6 Å². The van der Waals surface area contributed by atoms with Crippen LogP contribution in [0.2, 0.25) is 0 Å². The number of hydrogen-bond donors (Lipinski definition) is 0. The van der Waals surface area contributed by atoms with Crippen molar-refractivity contribution >= 4 is 29.0 Å². The molecule has 0 spiro atoms. The van der Waals surface area contributed by atoms with E-state index in [1.165, 1.54) is 0 Å². The number of esters is 1. The zero-order chi connectivity index (χ0) is 18.4. The average molecular weight is 374 g/mol. The van der Waals surface area contributed by atoms with E-state index >= 15 is 0 Å². The molecule has 0 saturated carbocycles. The summed E-state index contributed by atoms with van der Waals surface area (Å²) in [5, 5.41) is 10.6. The summed E-state index contributed by atoms with van der Waals surface area (Å²) in [7, 11) is 0. The van der Waals surface area contributed by atoms with Gasteiger partial charge in [0.1, 0.15) is 5.69 Å². The fourth-order valence-corrected chi connectivity index (χ4v) is 3.53. The summed E-state index contributed by atoms with van der Waals surface area (Å²) in [6.45, 7) is 4.76. The van der Waals surface area contributed by atoms with Gasteiger partial charge in [-0.3, -0.25) is 9.59 Å². The molecule has 1 aliphatic rings. The Morgan fingerprint density at radius 2 is 1.92 bits per heavy atom. The zero-order valence-electron chi connectivity index (χ0n) is 14.8. The third kappa shape index (κ3) is 4.57. The number of anilines is 1. The molecule has 1 fully saturated rings. The van der Waals surface area contributed by atoms with E-state index in [4.69, 9.17) is 4.74 Å². The second-order valence-electron chi connectivity index (χ2n) is 5.93. The van der Waals surface area contributed by atoms with Gasteiger partial charge in [-0.05, 0) is 30.5 Å². The standard InChI is InChI=1S/C18H22N4O3S/c1-2-25-18(24)8-7-17(23)22-11-9-21(10-12-22)16-6-5-14(19-20-16)15-4-3-13-26-15/h3-6,13H,2,7-12H2,1H3. The normalized spacial score (nSPS) is 14.3. The first-order valence-electron chi connectivity index (χ1n) is 8.73. The van der Waals surface area contributed by atoms with Crippen LogP contribution in [0.15, 0.2) is 29.6 Å². The lowest BCUT2D eigenvalue weighted by molar-refractivity contribution is -0.145. The van der Waals surface area contributed by atoms with Crippen LogP contribution in [0.5, 0.6) is 0 Å². The maximum atomic E-state index is 12.2. The van der Waals surface area contributed by atoms with Crippen LogP contribution in [0.1, 0.15) is 19.8 Å². The summed E-state index contributed by atoms with van der Waals surface area (Å²) in [5.74, 6) is 0.501. The summed E-state index contributed by atoms with van der Waals surface area (Å²) in [4.78, 5) is 28.6. The van der Waals surface area contributed by atoms with Crippen LogP contribution < -0.4 is 4.90 Å². The van der Waals surface area contributed by atoms with Crippen molar-refractivity contribution < 1.29 is 14.3 Å². The Bertz CT molecular complexity index is 725. The number of piperazine rings is 1. The first kappa shape index (κ1) is 18.3. The molecule has 0 aliphatic carbocycles. The predicted octanol–water partition coefficient (Wildman–Crippen LogP) is 2.20. The summed E-state index contributed by atoms with van der Waals surface area (Å²) >= 11 is 1.64. The smallest absolute Gasteiger partial charge is 0.306 e. The third-order valence-electron chi connectivity index (χ3n) is 4.23. The van der Waals surface area contributed by atoms with Gasteiger partial charge in [0.2, 0.25) is 5.91 Å². The van der Waals surface area contributed by atoms with E-state index in [9.17, 15) is 9.59 Å². The molecule has 138 valence electrons. The van der Waals surface area contributed by atoms with E-state index in [2.05, 4.69) is 15.1 Å². The van der Waals surface area contributed by atoms with Gasteiger partial charge in [-0.15, -0.1) is 21.5 Å². The third-order valence-corrected chi connectivity index (χ3v) is 5.12. The van der Waals surface area contributed by atoms with E-state index < -0.39 is 0 Å². The summed E-state index contributed by atoms with van der Waals surface area (Å²) in [6, 6.07) is 7.97. The van der Waals surface area contributed by atoms with Crippen LogP contribution in [0.25, 0.3) is 10.6 Å². The van der Waals surface area contributed by atoms with E-state index in [0.717, 1.165) is 16.4 Å². The molecule has 2 aromatic heterocycles. The maximum Gasteiger partial charge on any atom is 0.306 e. The minimum absolute atomic E-state index is 0.00293. The Hall–Kier alpha value is -2.48. The molecule has 0 radical (unpaired) electrons. The molecule has 3 rings (SSSR count). The number of carbonyl (C=O) groups excluding carboxylic acids is 2. The Labute approximate surface area is 156 Å². The van der Waals surface area contributed by atoms with Gasteiger partial charge in [-0.1, -0.05) is 6.07 Å². The highest BCUT2D eigenvalue weighted by Crippen LogP contribution is 2.23. The van der Waals surface area contributed by atoms with Crippen molar-refractivity contribution in [1.29, 1.82) is 0 Å². The van der Waals surface area contributed by atoms with E-state index in [1.807, 2.05) is 29.6 Å². The summed E-state index contributed by atoms with van der Waals surface area (Å²) in [5.41, 5.74) is 0.872. The molecular weight excluding hydrogens is 352 g/mol. The molecule has 0 N–H and O–H groups in total. The highest BCUT2D eigenvalue weighted by atomic mass is 32.1. The number of ether oxygens (including phenoxy) is 1. The lowest BCUT2D eigenvalue weighted by Gasteiger charge is -2.35. The van der Waals surface area contributed by atoms with Crippen LogP contribution >= 0.6 is 11.3 Å². The lowest BCUT2D eigenvalue weighted by atomic mass is 10.2. The van der Waals surface area contributed by atoms with Crippen molar-refractivity contribution in [2.75, 3.05) is 37.7 Å². The van der Waals surface area contributed by atoms with Crippen LogP contribution in [0.3, 0.4) is 0 Å². The van der Waals surface area contributed by atoms with Crippen molar-refractivity contribution in [3.63, 3.8) is 0 Å². The van der Waals surface area contributed by atoms with E-state index in [0.29, 0.717) is 32.8 Å². The van der Waals surface area contributed by atoms with E-state index in [-0.39, 0.29) is 24.7 Å². The summed E-state index contributed by atoms with van der Waals surface area (Å²) in [6.07, 6.45) is 0.344. The first-order valence-corrected chi connectivity index (χ1v) is 9.61. The number of rotatable bonds is 6. The average Bonchev–Trinajstić information content (AvgIpc) is 3.21. The van der Waals surface area contributed by atoms with Crippen molar-refractivity contribution in [2.45, 2.75) is 19.8 Å². The van der Waals surface area contributed by atoms with Gasteiger partial charge >= 0.3 is 5.97 Å². The Balaban J connectivity index is 1.49. The van der Waals surface area contributed by atoms with Crippen LogP contribution in [0.4, 0.5) is 5.82 Å². The maximum absolute atomic E-state index is 12.2. The fraction of sp³-hybridized carbons (Fsp3) is 0.444. The summed E-state index contributed by atoms with van der Waals surface area (Å²) < 4.78 is 4.86. The molecule has 0 unspecified atom stereocenters. The largest absolute Gasteiger partial charge is 0.466 e. The monoisotopic (exact) mass is 374 g/mol. The van der Waals surface area contributed by atoms with E-state index in [1.54, 1.807) is 23.2 Å². The molecular formula is C18H22N4O3S. The second-order valence-corrected chi connectivity index (χ2v) is 6.87. The van der Waals surface area contributed by atoms with Crippen molar-refractivity contribution in [1.82, 2.24) is 15.1 Å². The zero-order valence-corrected chi connectivity index (χ0v) is 15.6. The highest BCUT2D eigenvalue weighted by molar-refractivity contribution is 7.13. The van der Waals surface area contributed by atoms with Crippen LogP contribution in [-0.2, 0) is 14.3 Å². The molecule has 3 heterocycles. The second kappa shape index (κ2) is 8.75. The predicted molar refractivity (Wildman–Crippen MR) is 100 cm³/mol. The lowest BCUT2D eigenvalue weighted by Crippen LogP contribution is -2.49. The molecule has 0 atom stereocenters. The molecule has 8 heteroatoms. The van der Waals surface area contributed by atoms with Crippen molar-refractivity contribution in [3.8, 4) is 10.6 Å². The first-order chi connectivity index (χ1) is 12.7. The Morgan fingerprint density at radius 1 is 1.12 bits per heavy atom. The van der Waals surface area contributed by atoms with Crippen LogP contribution in [-0.4, -0.2) is 59.8 Å². The molecule has 0 aromatic carbocycles. The number of aromatic nitrogens is 2. The number of carbonyl (C=O) groups is 2. The molecule has 2 aromatic rings. The highest BCUT2D eigenvalue weighted by Gasteiger charge is 2.22. The number of nitrogens with zero attached hydrogens (tertiary/aromatic N) is 4. The number of thiophene rings is 1. The SMILES string of the molecule is CCOC(=O)CCC(=O)N1CCN(c2ccc(-c3cccs3)nn2)CC1. The Kier molecular flexibility index (Phi) is 6.17. The molecule has 1 saturated heterocycles. The number of hydrogen-bond acceptors (Lipinski definition) is 7. The van der Waals surface area contributed by atoms with Gasteiger partial charge in [0.05, 0.1) is 17.9 Å². The van der Waals surface area contributed by atoms with Gasteiger partial charge in [-0.25, -0.2) is 0 Å².